The van der Waals surface area contributed by atoms with Gasteiger partial charge in [-0.1, -0.05) is 25.1 Å². The molecule has 5 heteroatoms. The molecule has 0 radical (unpaired) electrons. The van der Waals surface area contributed by atoms with Gasteiger partial charge in [-0.25, -0.2) is 0 Å². The number of aromatic nitrogens is 1. The van der Waals surface area contributed by atoms with E-state index in [0.29, 0.717) is 6.42 Å². The summed E-state index contributed by atoms with van der Waals surface area (Å²) in [5.74, 6) is 0.142. The Kier molecular flexibility index (Phi) is 3.41. The van der Waals surface area contributed by atoms with Crippen LogP contribution in [0, 0.1) is 0 Å². The first kappa shape index (κ1) is 15.2. The van der Waals surface area contributed by atoms with Crippen molar-refractivity contribution in [3.8, 4) is 0 Å². The molecule has 24 heavy (non-hydrogen) atoms. The predicted octanol–water partition coefficient (Wildman–Crippen LogP) is 2.62. The Balaban J connectivity index is 1.80. The van der Waals surface area contributed by atoms with Crippen molar-refractivity contribution in [3.63, 3.8) is 0 Å². The van der Waals surface area contributed by atoms with Crippen LogP contribution in [-0.2, 0) is 16.0 Å². The van der Waals surface area contributed by atoms with Crippen LogP contribution in [-0.4, -0.2) is 45.2 Å². The molecule has 0 spiro atoms. The molecule has 0 saturated carbocycles. The fraction of sp³-hybridized carbons (Fsp3) is 0.474. The molecule has 2 amide bonds. The van der Waals surface area contributed by atoms with Crippen LogP contribution < -0.4 is 0 Å². The molecule has 126 valence electrons. The Morgan fingerprint density at radius 2 is 2.04 bits per heavy atom. The lowest BCUT2D eigenvalue weighted by Gasteiger charge is -2.47. The molecule has 1 fully saturated rings. The summed E-state index contributed by atoms with van der Waals surface area (Å²) in [5, 5.41) is 1.17. The molecular formula is C19H23N3O2. The lowest BCUT2D eigenvalue weighted by molar-refractivity contribution is -0.161. The maximum absolute atomic E-state index is 13.0. The first-order valence-corrected chi connectivity index (χ1v) is 8.74. The smallest absolute Gasteiger partial charge is 0.246 e. The minimum atomic E-state index is -0.373. The highest BCUT2D eigenvalue weighted by molar-refractivity contribution is 5.97. The highest BCUT2D eigenvalue weighted by Crippen LogP contribution is 2.39. The van der Waals surface area contributed by atoms with Crippen molar-refractivity contribution in [1.29, 1.82) is 0 Å². The van der Waals surface area contributed by atoms with Gasteiger partial charge in [0.2, 0.25) is 11.8 Å². The Hall–Kier alpha value is -2.30. The van der Waals surface area contributed by atoms with E-state index in [1.165, 1.54) is 10.9 Å². The Morgan fingerprint density at radius 3 is 2.79 bits per heavy atom. The van der Waals surface area contributed by atoms with Crippen LogP contribution in [0.25, 0.3) is 10.9 Å². The maximum Gasteiger partial charge on any atom is 0.246 e. The highest BCUT2D eigenvalue weighted by Gasteiger charge is 2.46. The third-order valence-electron chi connectivity index (χ3n) is 5.70. The molecule has 5 nitrogen and oxygen atoms in total. The van der Waals surface area contributed by atoms with Crippen LogP contribution in [0.2, 0.25) is 0 Å². The first-order valence-electron chi connectivity index (χ1n) is 8.74. The zero-order valence-electron chi connectivity index (χ0n) is 14.4. The van der Waals surface area contributed by atoms with Crippen LogP contribution in [0.5, 0.6) is 0 Å². The van der Waals surface area contributed by atoms with Crippen LogP contribution in [0.3, 0.4) is 0 Å². The molecule has 4 rings (SSSR count). The second-order valence-corrected chi connectivity index (χ2v) is 6.98. The average Bonchev–Trinajstić information content (AvgIpc) is 2.96. The number of nitrogens with zero attached hydrogens (tertiary/aromatic N) is 2. The molecule has 1 N–H and O–H groups in total. The normalized spacial score (nSPS) is 25.0. The standard InChI is InChI=1S/C19H23N3O2/c1-4-11(2)21-10-17(23)22-12(3)18-14(9-16(22)19(21)24)13-7-5-6-8-15(13)20-18/h5-8,11-12,16,20H,4,9-10H2,1-3H3/t11-,12+,16+/m1/s1. The second kappa shape index (κ2) is 5.36. The van der Waals surface area contributed by atoms with Crippen molar-refractivity contribution in [2.24, 2.45) is 0 Å². The lowest BCUT2D eigenvalue weighted by Crippen LogP contribution is -2.64. The number of nitrogens with one attached hydrogen (secondary N) is 1. The van der Waals surface area contributed by atoms with Gasteiger partial charge in [0, 0.05) is 29.1 Å². The Labute approximate surface area is 141 Å². The minimum absolute atomic E-state index is 0.0525. The number of amides is 2. The SMILES string of the molecule is CC[C@@H](C)N1CC(=O)N2[C@@H](Cc3c([nH]c4ccccc34)[C@@H]2C)C1=O. The number of fused-ring (bicyclic) bond motifs is 4. The zero-order chi connectivity index (χ0) is 17.0. The van der Waals surface area contributed by atoms with Crippen molar-refractivity contribution >= 4 is 22.7 Å². The van der Waals surface area contributed by atoms with Gasteiger partial charge in [0.15, 0.2) is 0 Å². The highest BCUT2D eigenvalue weighted by atomic mass is 16.2. The van der Waals surface area contributed by atoms with Crippen molar-refractivity contribution < 1.29 is 9.59 Å². The van der Waals surface area contributed by atoms with Gasteiger partial charge < -0.3 is 14.8 Å². The number of piperazine rings is 1. The quantitative estimate of drug-likeness (QED) is 0.923. The number of H-pyrrole nitrogens is 1. The average molecular weight is 325 g/mol. The number of carbonyl (C=O) groups is 2. The Morgan fingerprint density at radius 1 is 1.29 bits per heavy atom. The van der Waals surface area contributed by atoms with Gasteiger partial charge >= 0.3 is 0 Å². The van der Waals surface area contributed by atoms with Crippen molar-refractivity contribution in [3.05, 3.63) is 35.5 Å². The van der Waals surface area contributed by atoms with Gasteiger partial charge in [0.1, 0.15) is 12.6 Å². The summed E-state index contributed by atoms with van der Waals surface area (Å²) in [5.41, 5.74) is 3.34. The number of aromatic amines is 1. The van der Waals surface area contributed by atoms with Crippen molar-refractivity contribution in [2.45, 2.75) is 51.7 Å². The molecule has 1 aromatic heterocycles. The summed E-state index contributed by atoms with van der Waals surface area (Å²) in [4.78, 5) is 32.8. The summed E-state index contributed by atoms with van der Waals surface area (Å²) in [6, 6.07) is 7.80. The summed E-state index contributed by atoms with van der Waals surface area (Å²) < 4.78 is 0. The van der Waals surface area contributed by atoms with Gasteiger partial charge in [0.25, 0.3) is 0 Å². The van der Waals surface area contributed by atoms with E-state index in [4.69, 9.17) is 0 Å². The van der Waals surface area contributed by atoms with Gasteiger partial charge in [-0.2, -0.15) is 0 Å². The van der Waals surface area contributed by atoms with E-state index in [9.17, 15) is 9.59 Å². The van der Waals surface area contributed by atoms with Gasteiger partial charge in [-0.05, 0) is 31.9 Å². The van der Waals surface area contributed by atoms with Crippen molar-refractivity contribution in [1.82, 2.24) is 14.8 Å². The number of hydrogen-bond donors (Lipinski definition) is 1. The number of carbonyl (C=O) groups excluding carboxylic acids is 2. The topological polar surface area (TPSA) is 56.4 Å². The van der Waals surface area contributed by atoms with Gasteiger partial charge in [-0.15, -0.1) is 0 Å². The van der Waals surface area contributed by atoms with Crippen molar-refractivity contribution in [2.75, 3.05) is 6.54 Å². The minimum Gasteiger partial charge on any atom is -0.356 e. The van der Waals surface area contributed by atoms with E-state index in [0.717, 1.165) is 17.6 Å². The summed E-state index contributed by atoms with van der Waals surface area (Å²) in [7, 11) is 0. The molecule has 1 aromatic carbocycles. The number of para-hydroxylation sites is 1. The second-order valence-electron chi connectivity index (χ2n) is 6.98. The van der Waals surface area contributed by atoms with Crippen LogP contribution in [0.15, 0.2) is 24.3 Å². The monoisotopic (exact) mass is 325 g/mol. The third kappa shape index (κ3) is 2.00. The van der Waals surface area contributed by atoms with E-state index >= 15 is 0 Å². The van der Waals surface area contributed by atoms with E-state index in [-0.39, 0.29) is 36.5 Å². The van der Waals surface area contributed by atoms with E-state index < -0.39 is 0 Å². The fourth-order valence-corrected chi connectivity index (χ4v) is 4.18. The van der Waals surface area contributed by atoms with Gasteiger partial charge in [0.05, 0.1) is 6.04 Å². The molecule has 0 unspecified atom stereocenters. The molecule has 0 aliphatic carbocycles. The lowest BCUT2D eigenvalue weighted by atomic mass is 9.89. The molecule has 0 bridgehead atoms. The number of benzene rings is 1. The zero-order valence-corrected chi connectivity index (χ0v) is 14.4. The molecular weight excluding hydrogens is 302 g/mol. The number of rotatable bonds is 2. The number of hydrogen-bond acceptors (Lipinski definition) is 2. The maximum atomic E-state index is 13.0. The largest absolute Gasteiger partial charge is 0.356 e. The molecule has 3 heterocycles. The van der Waals surface area contributed by atoms with E-state index in [2.05, 4.69) is 24.0 Å². The summed E-state index contributed by atoms with van der Waals surface area (Å²) in [6.07, 6.45) is 1.46. The van der Waals surface area contributed by atoms with Gasteiger partial charge in [-0.3, -0.25) is 9.59 Å². The van der Waals surface area contributed by atoms with E-state index in [1.54, 1.807) is 9.80 Å². The van der Waals surface area contributed by atoms with E-state index in [1.807, 2.05) is 26.0 Å². The van der Waals surface area contributed by atoms with Crippen LogP contribution >= 0.6 is 0 Å². The Bertz CT molecular complexity index is 825. The molecule has 2 aliphatic rings. The molecule has 2 aromatic rings. The summed E-state index contributed by atoms with van der Waals surface area (Å²) in [6.45, 7) is 6.29. The van der Waals surface area contributed by atoms with Crippen LogP contribution in [0.1, 0.15) is 44.5 Å². The molecule has 2 aliphatic heterocycles. The molecule has 3 atom stereocenters. The third-order valence-corrected chi connectivity index (χ3v) is 5.70. The molecule has 1 saturated heterocycles. The fourth-order valence-electron chi connectivity index (χ4n) is 4.18. The van der Waals surface area contributed by atoms with Crippen LogP contribution in [0.4, 0.5) is 0 Å². The summed E-state index contributed by atoms with van der Waals surface area (Å²) >= 11 is 0. The first-order chi connectivity index (χ1) is 11.5. The predicted molar refractivity (Wildman–Crippen MR) is 92.5 cm³/mol.